The molecule has 0 aromatic carbocycles. The lowest BCUT2D eigenvalue weighted by atomic mass is 10.00. The van der Waals surface area contributed by atoms with Crippen molar-refractivity contribution in [2.45, 2.75) is 44.6 Å². The van der Waals surface area contributed by atoms with Gasteiger partial charge in [-0.15, -0.1) is 0 Å². The van der Waals surface area contributed by atoms with Crippen molar-refractivity contribution in [1.29, 1.82) is 0 Å². The number of carboxylic acid groups (broad SMARTS) is 1. The van der Waals surface area contributed by atoms with Gasteiger partial charge < -0.3 is 20.6 Å². The molecule has 1 saturated heterocycles. The van der Waals surface area contributed by atoms with Gasteiger partial charge in [-0.1, -0.05) is 12.1 Å². The van der Waals surface area contributed by atoms with Gasteiger partial charge >= 0.3 is 5.97 Å². The van der Waals surface area contributed by atoms with E-state index in [1.165, 1.54) is 18.2 Å². The lowest BCUT2D eigenvalue weighted by molar-refractivity contribution is -0.139. The number of nitrogens with zero attached hydrogens (tertiary/aromatic N) is 3. The Morgan fingerprint density at radius 3 is 3.00 bits per heavy atom. The molecule has 0 unspecified atom stereocenters. The van der Waals surface area contributed by atoms with Crippen LogP contribution in [0.2, 0.25) is 0 Å². The van der Waals surface area contributed by atoms with Crippen LogP contribution in [-0.4, -0.2) is 64.1 Å². The SMILES string of the molecule is O=C(N[C@H](CCN1CC[C@@H](CCc2ccc3c(n2)NCCC3)C1)C(=O)O)c1ccccn1. The fourth-order valence-corrected chi connectivity index (χ4v) is 4.51. The predicted molar refractivity (Wildman–Crippen MR) is 122 cm³/mol. The average molecular weight is 438 g/mol. The van der Waals surface area contributed by atoms with Crippen molar-refractivity contribution in [2.24, 2.45) is 5.92 Å². The zero-order chi connectivity index (χ0) is 22.3. The Kier molecular flexibility index (Phi) is 7.32. The number of carboxylic acids is 1. The van der Waals surface area contributed by atoms with Gasteiger partial charge in [0, 0.05) is 31.5 Å². The van der Waals surface area contributed by atoms with Crippen molar-refractivity contribution >= 4 is 17.7 Å². The van der Waals surface area contributed by atoms with Crippen molar-refractivity contribution in [2.75, 3.05) is 31.5 Å². The molecule has 4 rings (SSSR count). The quantitative estimate of drug-likeness (QED) is 0.553. The number of hydrogen-bond donors (Lipinski definition) is 3. The Balaban J connectivity index is 1.22. The molecule has 1 amide bonds. The number of aliphatic carboxylic acids is 1. The second kappa shape index (κ2) is 10.5. The molecule has 0 saturated carbocycles. The molecule has 4 heterocycles. The Bertz CT molecular complexity index is 936. The van der Waals surface area contributed by atoms with Gasteiger partial charge in [0.2, 0.25) is 0 Å². The molecule has 0 bridgehead atoms. The van der Waals surface area contributed by atoms with Crippen molar-refractivity contribution < 1.29 is 14.7 Å². The van der Waals surface area contributed by atoms with Crippen LogP contribution in [0.4, 0.5) is 5.82 Å². The van der Waals surface area contributed by atoms with Gasteiger partial charge in [0.15, 0.2) is 0 Å². The van der Waals surface area contributed by atoms with Gasteiger partial charge in [-0.25, -0.2) is 9.78 Å². The summed E-state index contributed by atoms with van der Waals surface area (Å²) in [5.74, 6) is 0.169. The largest absolute Gasteiger partial charge is 0.480 e. The molecule has 3 N–H and O–H groups in total. The van der Waals surface area contributed by atoms with Crippen LogP contribution < -0.4 is 10.6 Å². The predicted octanol–water partition coefficient (Wildman–Crippen LogP) is 2.36. The summed E-state index contributed by atoms with van der Waals surface area (Å²) in [7, 11) is 0. The van der Waals surface area contributed by atoms with E-state index >= 15 is 0 Å². The number of rotatable bonds is 9. The molecule has 170 valence electrons. The summed E-state index contributed by atoms with van der Waals surface area (Å²) in [4.78, 5) is 35.0. The monoisotopic (exact) mass is 437 g/mol. The van der Waals surface area contributed by atoms with Crippen LogP contribution in [0, 0.1) is 5.92 Å². The first-order valence-corrected chi connectivity index (χ1v) is 11.5. The number of carbonyl (C=O) groups is 2. The lowest BCUT2D eigenvalue weighted by Gasteiger charge is -2.20. The molecule has 2 aliphatic heterocycles. The van der Waals surface area contributed by atoms with Crippen molar-refractivity contribution in [3.63, 3.8) is 0 Å². The van der Waals surface area contributed by atoms with E-state index in [1.54, 1.807) is 18.2 Å². The van der Waals surface area contributed by atoms with E-state index in [0.29, 0.717) is 18.9 Å². The van der Waals surface area contributed by atoms with Crippen LogP contribution in [0.1, 0.15) is 47.4 Å². The summed E-state index contributed by atoms with van der Waals surface area (Å²) in [5.41, 5.74) is 2.68. The lowest BCUT2D eigenvalue weighted by Crippen LogP contribution is -2.43. The number of fused-ring (bicyclic) bond motifs is 1. The number of anilines is 1. The molecule has 8 nitrogen and oxygen atoms in total. The second-order valence-electron chi connectivity index (χ2n) is 8.70. The van der Waals surface area contributed by atoms with E-state index in [0.717, 1.165) is 56.8 Å². The summed E-state index contributed by atoms with van der Waals surface area (Å²) in [5, 5.41) is 15.5. The Hall–Kier alpha value is -3.00. The van der Waals surface area contributed by atoms with Crippen molar-refractivity contribution in [3.8, 4) is 0 Å². The number of aromatic nitrogens is 2. The maximum Gasteiger partial charge on any atom is 0.326 e. The van der Waals surface area contributed by atoms with Gasteiger partial charge in [0.1, 0.15) is 17.6 Å². The summed E-state index contributed by atoms with van der Waals surface area (Å²) in [6, 6.07) is 8.44. The number of amides is 1. The number of carbonyl (C=O) groups excluding carboxylic acids is 1. The van der Waals surface area contributed by atoms with Crippen LogP contribution >= 0.6 is 0 Å². The van der Waals surface area contributed by atoms with Crippen LogP contribution in [-0.2, 0) is 17.6 Å². The summed E-state index contributed by atoms with van der Waals surface area (Å²) >= 11 is 0. The van der Waals surface area contributed by atoms with Crippen LogP contribution in [0.25, 0.3) is 0 Å². The third-order valence-electron chi connectivity index (χ3n) is 6.37. The highest BCUT2D eigenvalue weighted by atomic mass is 16.4. The number of aryl methyl sites for hydroxylation is 2. The van der Waals surface area contributed by atoms with E-state index in [9.17, 15) is 14.7 Å². The molecule has 2 atom stereocenters. The smallest absolute Gasteiger partial charge is 0.326 e. The zero-order valence-electron chi connectivity index (χ0n) is 18.3. The van der Waals surface area contributed by atoms with Crippen LogP contribution in [0.3, 0.4) is 0 Å². The first-order valence-electron chi connectivity index (χ1n) is 11.5. The molecular formula is C24H31N5O3. The highest BCUT2D eigenvalue weighted by molar-refractivity contribution is 5.94. The molecule has 8 heteroatoms. The standard InChI is InChI=1S/C24H31N5O3/c30-23(20-5-1-2-12-25-20)28-21(24(31)32)11-15-29-14-10-17(16-29)6-8-19-9-7-18-4-3-13-26-22(18)27-19/h1-2,5,7,9,12,17,21H,3-4,6,8,10-11,13-16H2,(H,26,27)(H,28,30)(H,31,32)/t17-,21-/m1/s1. The normalized spacial score (nSPS) is 19.1. The minimum Gasteiger partial charge on any atom is -0.480 e. The molecule has 0 aliphatic carbocycles. The van der Waals surface area contributed by atoms with Gasteiger partial charge in [0.25, 0.3) is 5.91 Å². The van der Waals surface area contributed by atoms with Crippen molar-refractivity contribution in [3.05, 3.63) is 53.5 Å². The van der Waals surface area contributed by atoms with E-state index in [1.807, 2.05) is 0 Å². The topological polar surface area (TPSA) is 107 Å². The fourth-order valence-electron chi connectivity index (χ4n) is 4.51. The minimum atomic E-state index is -1.02. The van der Waals surface area contributed by atoms with Crippen molar-refractivity contribution in [1.82, 2.24) is 20.2 Å². The van der Waals surface area contributed by atoms with Gasteiger partial charge in [-0.2, -0.15) is 0 Å². The first kappa shape index (κ1) is 22.2. The number of pyridine rings is 2. The minimum absolute atomic E-state index is 0.228. The Morgan fingerprint density at radius 2 is 2.19 bits per heavy atom. The van der Waals surface area contributed by atoms with E-state index in [4.69, 9.17) is 4.98 Å². The molecule has 0 radical (unpaired) electrons. The maximum absolute atomic E-state index is 12.3. The van der Waals surface area contributed by atoms with E-state index < -0.39 is 17.9 Å². The molecule has 32 heavy (non-hydrogen) atoms. The first-order chi connectivity index (χ1) is 15.6. The van der Waals surface area contributed by atoms with E-state index in [2.05, 4.69) is 32.7 Å². The second-order valence-corrected chi connectivity index (χ2v) is 8.70. The molecular weight excluding hydrogens is 406 g/mol. The fraction of sp³-hybridized carbons (Fsp3) is 0.500. The third-order valence-corrected chi connectivity index (χ3v) is 6.37. The average Bonchev–Trinajstić information content (AvgIpc) is 3.28. The molecule has 1 fully saturated rings. The zero-order valence-corrected chi connectivity index (χ0v) is 18.3. The Morgan fingerprint density at radius 1 is 1.28 bits per heavy atom. The molecule has 2 aliphatic rings. The summed E-state index contributed by atoms with van der Waals surface area (Å²) in [6.45, 7) is 3.58. The molecule has 2 aromatic rings. The summed E-state index contributed by atoms with van der Waals surface area (Å²) < 4.78 is 0. The Labute approximate surface area is 188 Å². The number of nitrogens with one attached hydrogen (secondary N) is 2. The van der Waals surface area contributed by atoms with Crippen LogP contribution in [0.5, 0.6) is 0 Å². The highest BCUT2D eigenvalue weighted by Gasteiger charge is 2.26. The third kappa shape index (κ3) is 5.82. The van der Waals surface area contributed by atoms with Gasteiger partial charge in [-0.3, -0.25) is 9.78 Å². The number of hydrogen-bond acceptors (Lipinski definition) is 6. The number of likely N-dealkylation sites (tertiary alicyclic amines) is 1. The maximum atomic E-state index is 12.3. The highest BCUT2D eigenvalue weighted by Crippen LogP contribution is 2.24. The molecule has 2 aromatic heterocycles. The van der Waals surface area contributed by atoms with Crippen LogP contribution in [0.15, 0.2) is 36.5 Å². The van der Waals surface area contributed by atoms with E-state index in [-0.39, 0.29) is 5.69 Å². The summed E-state index contributed by atoms with van der Waals surface area (Å²) in [6.07, 6.45) is 7.33. The van der Waals surface area contributed by atoms with Gasteiger partial charge in [-0.05, 0) is 74.8 Å². The van der Waals surface area contributed by atoms with Gasteiger partial charge in [0.05, 0.1) is 0 Å². The molecule has 0 spiro atoms.